The standard InChI is InChI=1S/C26H36N6O/c1-27-26(29-17-21-5-7-23(8-6-21)19-31-14-3-2-4-15-31)30-18-22-9-11-24(12-10-22)32-16-13-28-25(33)20-32/h5-12H,2-4,13-20H2,1H3,(H,28,33)(H2,27,29,30). The molecule has 4 rings (SSSR count). The Balaban J connectivity index is 1.21. The fourth-order valence-electron chi connectivity index (χ4n) is 4.41. The van der Waals surface area contributed by atoms with E-state index < -0.39 is 0 Å². The zero-order valence-electron chi connectivity index (χ0n) is 19.6. The molecular formula is C26H36N6O. The third-order valence-electron chi connectivity index (χ3n) is 6.36. The molecule has 2 heterocycles. The van der Waals surface area contributed by atoms with Gasteiger partial charge < -0.3 is 20.9 Å². The summed E-state index contributed by atoms with van der Waals surface area (Å²) < 4.78 is 0. The Kier molecular flexibility index (Phi) is 8.19. The summed E-state index contributed by atoms with van der Waals surface area (Å²) in [5.41, 5.74) is 4.89. The normalized spacial score (nSPS) is 17.5. The third-order valence-corrected chi connectivity index (χ3v) is 6.36. The van der Waals surface area contributed by atoms with E-state index in [9.17, 15) is 4.79 Å². The molecular weight excluding hydrogens is 412 g/mol. The zero-order valence-corrected chi connectivity index (χ0v) is 19.6. The third kappa shape index (κ3) is 6.96. The van der Waals surface area contributed by atoms with Gasteiger partial charge >= 0.3 is 0 Å². The first kappa shape index (κ1) is 23.1. The summed E-state index contributed by atoms with van der Waals surface area (Å²) >= 11 is 0. The number of nitrogens with one attached hydrogen (secondary N) is 3. The molecule has 7 heteroatoms. The van der Waals surface area contributed by atoms with E-state index in [1.807, 2.05) is 0 Å². The van der Waals surface area contributed by atoms with Crippen molar-refractivity contribution in [3.63, 3.8) is 0 Å². The molecule has 0 radical (unpaired) electrons. The van der Waals surface area contributed by atoms with E-state index >= 15 is 0 Å². The van der Waals surface area contributed by atoms with Gasteiger partial charge in [0.2, 0.25) is 5.91 Å². The highest BCUT2D eigenvalue weighted by Gasteiger charge is 2.16. The number of guanidine groups is 1. The lowest BCUT2D eigenvalue weighted by Crippen LogP contribution is -2.47. The van der Waals surface area contributed by atoms with Gasteiger partial charge in [-0.2, -0.15) is 0 Å². The molecule has 2 aromatic rings. The molecule has 0 saturated carbocycles. The Bertz CT molecular complexity index is 919. The van der Waals surface area contributed by atoms with E-state index in [2.05, 4.69) is 79.3 Å². The average Bonchev–Trinajstić information content (AvgIpc) is 2.86. The van der Waals surface area contributed by atoms with E-state index in [1.54, 1.807) is 7.05 Å². The lowest BCUT2D eigenvalue weighted by atomic mass is 10.1. The first-order valence-electron chi connectivity index (χ1n) is 12.0. The van der Waals surface area contributed by atoms with Gasteiger partial charge in [0.15, 0.2) is 5.96 Å². The van der Waals surface area contributed by atoms with Crippen molar-refractivity contribution >= 4 is 17.6 Å². The predicted octanol–water partition coefficient (Wildman–Crippen LogP) is 2.47. The molecule has 0 atom stereocenters. The SMILES string of the molecule is CN=C(NCc1ccc(CN2CCCCC2)cc1)NCc1ccc(N2CCNC(=O)C2)cc1. The Morgan fingerprint density at radius 2 is 1.48 bits per heavy atom. The maximum absolute atomic E-state index is 11.6. The summed E-state index contributed by atoms with van der Waals surface area (Å²) in [6.07, 6.45) is 4.03. The molecule has 2 aromatic carbocycles. The van der Waals surface area contributed by atoms with Crippen LogP contribution in [0.25, 0.3) is 0 Å². The van der Waals surface area contributed by atoms with Gasteiger partial charge in [-0.15, -0.1) is 0 Å². The fraction of sp³-hybridized carbons (Fsp3) is 0.462. The summed E-state index contributed by atoms with van der Waals surface area (Å²) in [5, 5.41) is 9.65. The van der Waals surface area contributed by atoms with Crippen molar-refractivity contribution in [2.24, 2.45) is 4.99 Å². The summed E-state index contributed by atoms with van der Waals surface area (Å²) in [4.78, 5) is 20.6. The van der Waals surface area contributed by atoms with Crippen LogP contribution in [0.4, 0.5) is 5.69 Å². The minimum atomic E-state index is 0.0820. The first-order chi connectivity index (χ1) is 16.2. The van der Waals surface area contributed by atoms with Crippen molar-refractivity contribution in [2.45, 2.75) is 38.9 Å². The van der Waals surface area contributed by atoms with Crippen LogP contribution in [0.1, 0.15) is 36.0 Å². The van der Waals surface area contributed by atoms with Crippen molar-refractivity contribution in [1.29, 1.82) is 0 Å². The minimum Gasteiger partial charge on any atom is -0.360 e. The minimum absolute atomic E-state index is 0.0820. The van der Waals surface area contributed by atoms with Gasteiger partial charge in [-0.25, -0.2) is 0 Å². The van der Waals surface area contributed by atoms with E-state index in [4.69, 9.17) is 0 Å². The predicted molar refractivity (Wildman–Crippen MR) is 134 cm³/mol. The number of benzene rings is 2. The summed E-state index contributed by atoms with van der Waals surface area (Å²) in [5.74, 6) is 0.864. The number of rotatable bonds is 7. The van der Waals surface area contributed by atoms with Gasteiger partial charge in [0.05, 0.1) is 6.54 Å². The number of nitrogens with zero attached hydrogens (tertiary/aromatic N) is 3. The molecule has 1 amide bonds. The number of hydrogen-bond acceptors (Lipinski definition) is 4. The van der Waals surface area contributed by atoms with Gasteiger partial charge in [0, 0.05) is 45.5 Å². The van der Waals surface area contributed by atoms with Crippen molar-refractivity contribution in [2.75, 3.05) is 44.7 Å². The average molecular weight is 449 g/mol. The molecule has 7 nitrogen and oxygen atoms in total. The Morgan fingerprint density at radius 1 is 0.879 bits per heavy atom. The number of piperidine rings is 1. The molecule has 176 valence electrons. The molecule has 2 aliphatic heterocycles. The molecule has 0 aromatic heterocycles. The van der Waals surface area contributed by atoms with Gasteiger partial charge in [0.25, 0.3) is 0 Å². The van der Waals surface area contributed by atoms with Crippen LogP contribution in [-0.2, 0) is 24.4 Å². The number of piperazine rings is 1. The van der Waals surface area contributed by atoms with Gasteiger partial charge in [-0.05, 0) is 54.8 Å². The van der Waals surface area contributed by atoms with Crippen molar-refractivity contribution in [3.05, 3.63) is 65.2 Å². The highest BCUT2D eigenvalue weighted by atomic mass is 16.2. The number of carbonyl (C=O) groups is 1. The van der Waals surface area contributed by atoms with E-state index in [0.717, 1.165) is 31.3 Å². The number of anilines is 1. The molecule has 33 heavy (non-hydrogen) atoms. The van der Waals surface area contributed by atoms with Crippen LogP contribution < -0.4 is 20.9 Å². The molecule has 0 aliphatic carbocycles. The molecule has 0 bridgehead atoms. The molecule has 0 unspecified atom stereocenters. The summed E-state index contributed by atoms with van der Waals surface area (Å²) in [7, 11) is 1.79. The summed E-state index contributed by atoms with van der Waals surface area (Å²) in [6.45, 7) is 6.90. The van der Waals surface area contributed by atoms with Crippen LogP contribution in [0, 0.1) is 0 Å². The van der Waals surface area contributed by atoms with Crippen molar-refractivity contribution in [3.8, 4) is 0 Å². The quantitative estimate of drug-likeness (QED) is 0.448. The Labute approximate surface area is 197 Å². The maximum atomic E-state index is 11.6. The lowest BCUT2D eigenvalue weighted by Gasteiger charge is -2.28. The van der Waals surface area contributed by atoms with Crippen LogP contribution in [0.5, 0.6) is 0 Å². The maximum Gasteiger partial charge on any atom is 0.239 e. The van der Waals surface area contributed by atoms with Crippen molar-refractivity contribution in [1.82, 2.24) is 20.9 Å². The van der Waals surface area contributed by atoms with Gasteiger partial charge in [0.1, 0.15) is 0 Å². The zero-order chi connectivity index (χ0) is 22.9. The smallest absolute Gasteiger partial charge is 0.239 e. The van der Waals surface area contributed by atoms with Crippen LogP contribution in [0.3, 0.4) is 0 Å². The number of aliphatic imine (C=N–C) groups is 1. The molecule has 2 fully saturated rings. The molecule has 2 aliphatic rings. The Morgan fingerprint density at radius 3 is 2.09 bits per heavy atom. The molecule has 2 saturated heterocycles. The number of hydrogen-bond donors (Lipinski definition) is 3. The van der Waals surface area contributed by atoms with E-state index in [1.165, 1.54) is 49.0 Å². The van der Waals surface area contributed by atoms with Crippen molar-refractivity contribution < 1.29 is 4.79 Å². The number of carbonyl (C=O) groups excluding carboxylic acids is 1. The van der Waals surface area contributed by atoms with Crippen LogP contribution in [-0.4, -0.2) is 56.5 Å². The molecule has 3 N–H and O–H groups in total. The van der Waals surface area contributed by atoms with Crippen LogP contribution in [0.2, 0.25) is 0 Å². The Hall–Kier alpha value is -3.06. The van der Waals surface area contributed by atoms with Gasteiger partial charge in [-0.1, -0.05) is 42.8 Å². The molecule has 0 spiro atoms. The second-order valence-electron chi connectivity index (χ2n) is 8.87. The second-order valence-corrected chi connectivity index (χ2v) is 8.87. The largest absolute Gasteiger partial charge is 0.360 e. The van der Waals surface area contributed by atoms with Crippen LogP contribution >= 0.6 is 0 Å². The van der Waals surface area contributed by atoms with E-state index in [0.29, 0.717) is 19.6 Å². The monoisotopic (exact) mass is 448 g/mol. The first-order valence-corrected chi connectivity index (χ1v) is 12.0. The van der Waals surface area contributed by atoms with E-state index in [-0.39, 0.29) is 5.91 Å². The van der Waals surface area contributed by atoms with Gasteiger partial charge in [-0.3, -0.25) is 14.7 Å². The second kappa shape index (κ2) is 11.7. The fourth-order valence-corrected chi connectivity index (χ4v) is 4.41. The lowest BCUT2D eigenvalue weighted by molar-refractivity contribution is -0.120. The summed E-state index contributed by atoms with van der Waals surface area (Å²) in [6, 6.07) is 17.3. The number of likely N-dealkylation sites (tertiary alicyclic amines) is 1. The number of amides is 1. The van der Waals surface area contributed by atoms with Crippen LogP contribution in [0.15, 0.2) is 53.5 Å². The topological polar surface area (TPSA) is 72.0 Å². The highest BCUT2D eigenvalue weighted by molar-refractivity contribution is 5.82. The highest BCUT2D eigenvalue weighted by Crippen LogP contribution is 2.16.